The molecule has 2 aromatic rings. The number of carbonyl (C=O) groups excluding carboxylic acids is 2. The Balaban J connectivity index is 1.66. The largest absolute Gasteiger partial charge is 0.494 e. The summed E-state index contributed by atoms with van der Waals surface area (Å²) in [4.78, 5) is 24.2. The summed E-state index contributed by atoms with van der Waals surface area (Å²) >= 11 is 5.05. The Morgan fingerprint density at radius 2 is 1.66 bits per heavy atom. The Morgan fingerprint density at radius 3 is 2.38 bits per heavy atom. The molecule has 2 aromatic carbocycles. The lowest BCUT2D eigenvalue weighted by Gasteiger charge is -2.12. The van der Waals surface area contributed by atoms with E-state index in [1.807, 2.05) is 25.1 Å². The highest BCUT2D eigenvalue weighted by Gasteiger charge is 2.09. The van der Waals surface area contributed by atoms with Crippen molar-refractivity contribution in [2.45, 2.75) is 46.0 Å². The van der Waals surface area contributed by atoms with Crippen LogP contribution in [0.2, 0.25) is 0 Å². The molecule has 0 bridgehead atoms. The molecule has 32 heavy (non-hydrogen) atoms. The van der Waals surface area contributed by atoms with E-state index >= 15 is 0 Å². The fourth-order valence-electron chi connectivity index (χ4n) is 2.82. The first-order valence-corrected chi connectivity index (χ1v) is 11.2. The summed E-state index contributed by atoms with van der Waals surface area (Å²) < 4.78 is 11.1. The molecule has 0 unspecified atom stereocenters. The minimum Gasteiger partial charge on any atom is -0.494 e. The van der Waals surface area contributed by atoms with E-state index in [4.69, 9.17) is 21.7 Å². The minimum atomic E-state index is -0.431. The van der Waals surface area contributed by atoms with E-state index in [9.17, 15) is 9.59 Å². The Kier molecular flexibility index (Phi) is 11.0. The Labute approximate surface area is 194 Å². The predicted molar refractivity (Wildman–Crippen MR) is 129 cm³/mol. The van der Waals surface area contributed by atoms with Crippen molar-refractivity contribution in [1.82, 2.24) is 16.2 Å². The van der Waals surface area contributed by atoms with E-state index in [-0.39, 0.29) is 17.6 Å². The standard InChI is InChI=1S/C24H31N3O4S/c1-3-4-5-6-7-15-30-20-13-11-19(12-14-20)23(29)25-24(32)27-26-22(28)17-31-21-10-8-9-18(2)16-21/h8-14,16H,3-7,15,17H2,1-2H3,(H,26,28)(H2,25,27,29,32). The maximum absolute atomic E-state index is 12.3. The molecule has 2 rings (SSSR count). The molecular weight excluding hydrogens is 426 g/mol. The molecule has 0 heterocycles. The van der Waals surface area contributed by atoms with Gasteiger partial charge in [0, 0.05) is 5.56 Å². The number of aryl methyl sites for hydroxylation is 1. The van der Waals surface area contributed by atoms with Crippen molar-refractivity contribution in [3.05, 3.63) is 59.7 Å². The highest BCUT2D eigenvalue weighted by atomic mass is 32.1. The maximum atomic E-state index is 12.3. The zero-order valence-electron chi connectivity index (χ0n) is 18.6. The van der Waals surface area contributed by atoms with Gasteiger partial charge in [0.15, 0.2) is 11.7 Å². The van der Waals surface area contributed by atoms with E-state index in [1.165, 1.54) is 19.3 Å². The van der Waals surface area contributed by atoms with Crippen LogP contribution in [-0.4, -0.2) is 30.1 Å². The number of rotatable bonds is 11. The SMILES string of the molecule is CCCCCCCOc1ccc(C(=O)NC(=S)NNC(=O)COc2cccc(C)c2)cc1. The van der Waals surface area contributed by atoms with Gasteiger partial charge in [-0.3, -0.25) is 25.8 Å². The lowest BCUT2D eigenvalue weighted by atomic mass is 10.2. The van der Waals surface area contributed by atoms with Gasteiger partial charge in [-0.15, -0.1) is 0 Å². The van der Waals surface area contributed by atoms with E-state index < -0.39 is 5.91 Å². The van der Waals surface area contributed by atoms with Crippen molar-refractivity contribution in [2.75, 3.05) is 13.2 Å². The number of hydrazine groups is 1. The van der Waals surface area contributed by atoms with Crippen molar-refractivity contribution < 1.29 is 19.1 Å². The Hall–Kier alpha value is -3.13. The second kappa shape index (κ2) is 14.0. The number of unbranched alkanes of at least 4 members (excludes halogenated alkanes) is 4. The van der Waals surface area contributed by atoms with Gasteiger partial charge >= 0.3 is 0 Å². The minimum absolute atomic E-state index is 0.0219. The predicted octanol–water partition coefficient (Wildman–Crippen LogP) is 4.06. The molecule has 0 saturated carbocycles. The fraction of sp³-hybridized carbons (Fsp3) is 0.375. The topological polar surface area (TPSA) is 88.7 Å². The lowest BCUT2D eigenvalue weighted by Crippen LogP contribution is -2.49. The second-order valence-corrected chi connectivity index (χ2v) is 7.76. The van der Waals surface area contributed by atoms with Gasteiger partial charge in [-0.05, 0) is 67.5 Å². The zero-order valence-corrected chi connectivity index (χ0v) is 19.4. The third-order valence-electron chi connectivity index (χ3n) is 4.54. The van der Waals surface area contributed by atoms with E-state index in [0.29, 0.717) is 17.9 Å². The van der Waals surface area contributed by atoms with Crippen molar-refractivity contribution >= 4 is 29.1 Å². The van der Waals surface area contributed by atoms with Gasteiger partial charge in [0.05, 0.1) is 6.61 Å². The van der Waals surface area contributed by atoms with Crippen LogP contribution in [0.15, 0.2) is 48.5 Å². The van der Waals surface area contributed by atoms with Gasteiger partial charge in [-0.1, -0.05) is 44.7 Å². The first-order chi connectivity index (χ1) is 15.5. The Bertz CT molecular complexity index is 887. The summed E-state index contributed by atoms with van der Waals surface area (Å²) in [6.07, 6.45) is 5.88. The normalized spacial score (nSPS) is 10.2. The molecule has 0 saturated heterocycles. The van der Waals surface area contributed by atoms with Crippen LogP contribution in [0, 0.1) is 6.92 Å². The van der Waals surface area contributed by atoms with Crippen molar-refractivity contribution in [1.29, 1.82) is 0 Å². The average molecular weight is 458 g/mol. The average Bonchev–Trinajstić information content (AvgIpc) is 2.79. The summed E-state index contributed by atoms with van der Waals surface area (Å²) in [7, 11) is 0. The first-order valence-electron chi connectivity index (χ1n) is 10.8. The number of carbonyl (C=O) groups is 2. The molecule has 0 aliphatic carbocycles. The molecule has 0 aliphatic rings. The fourth-order valence-corrected chi connectivity index (χ4v) is 2.97. The van der Waals surface area contributed by atoms with Crippen LogP contribution < -0.4 is 25.6 Å². The third kappa shape index (κ3) is 9.78. The summed E-state index contributed by atoms with van der Waals surface area (Å²) in [5.41, 5.74) is 6.33. The van der Waals surface area contributed by atoms with Gasteiger partial charge in [0.2, 0.25) is 0 Å². The van der Waals surface area contributed by atoms with Crippen LogP contribution in [0.3, 0.4) is 0 Å². The molecule has 0 atom stereocenters. The molecule has 172 valence electrons. The van der Waals surface area contributed by atoms with Gasteiger partial charge in [0.25, 0.3) is 11.8 Å². The highest BCUT2D eigenvalue weighted by molar-refractivity contribution is 7.80. The molecule has 0 spiro atoms. The molecule has 0 aromatic heterocycles. The van der Waals surface area contributed by atoms with Gasteiger partial charge in [0.1, 0.15) is 11.5 Å². The third-order valence-corrected chi connectivity index (χ3v) is 4.74. The van der Waals surface area contributed by atoms with E-state index in [0.717, 1.165) is 24.2 Å². The number of ether oxygens (including phenoxy) is 2. The molecule has 8 heteroatoms. The molecule has 7 nitrogen and oxygen atoms in total. The van der Waals surface area contributed by atoms with Gasteiger partial charge < -0.3 is 9.47 Å². The maximum Gasteiger partial charge on any atom is 0.276 e. The summed E-state index contributed by atoms with van der Waals surface area (Å²) in [5.74, 6) is 0.497. The summed E-state index contributed by atoms with van der Waals surface area (Å²) in [6, 6.07) is 14.2. The number of amides is 2. The Morgan fingerprint density at radius 1 is 0.906 bits per heavy atom. The van der Waals surface area contributed by atoms with Crippen molar-refractivity contribution in [3.63, 3.8) is 0 Å². The van der Waals surface area contributed by atoms with Crippen LogP contribution in [0.1, 0.15) is 54.9 Å². The molecule has 2 amide bonds. The van der Waals surface area contributed by atoms with Crippen LogP contribution in [0.5, 0.6) is 11.5 Å². The quantitative estimate of drug-likeness (QED) is 0.268. The number of benzene rings is 2. The van der Waals surface area contributed by atoms with Gasteiger partial charge in [-0.2, -0.15) is 0 Å². The smallest absolute Gasteiger partial charge is 0.276 e. The van der Waals surface area contributed by atoms with Gasteiger partial charge in [-0.25, -0.2) is 0 Å². The van der Waals surface area contributed by atoms with E-state index in [2.05, 4.69) is 23.1 Å². The number of hydrogen-bond acceptors (Lipinski definition) is 5. The molecule has 0 radical (unpaired) electrons. The van der Waals surface area contributed by atoms with Crippen LogP contribution in [0.25, 0.3) is 0 Å². The molecule has 3 N–H and O–H groups in total. The van der Waals surface area contributed by atoms with Crippen LogP contribution in [0.4, 0.5) is 0 Å². The first kappa shape index (κ1) is 25.1. The number of thiocarbonyl (C=S) groups is 1. The highest BCUT2D eigenvalue weighted by Crippen LogP contribution is 2.14. The monoisotopic (exact) mass is 457 g/mol. The number of hydrogen-bond donors (Lipinski definition) is 3. The lowest BCUT2D eigenvalue weighted by molar-refractivity contribution is -0.123. The molecule has 0 fully saturated rings. The zero-order chi connectivity index (χ0) is 23.2. The number of nitrogens with one attached hydrogen (secondary N) is 3. The second-order valence-electron chi connectivity index (χ2n) is 7.35. The molecule has 0 aliphatic heterocycles. The summed E-state index contributed by atoms with van der Waals surface area (Å²) in [6.45, 7) is 4.60. The van der Waals surface area contributed by atoms with Crippen LogP contribution in [-0.2, 0) is 4.79 Å². The summed E-state index contributed by atoms with van der Waals surface area (Å²) in [5, 5.41) is 2.49. The van der Waals surface area contributed by atoms with Crippen molar-refractivity contribution in [2.24, 2.45) is 0 Å². The van der Waals surface area contributed by atoms with Crippen LogP contribution >= 0.6 is 12.2 Å². The van der Waals surface area contributed by atoms with Crippen molar-refractivity contribution in [3.8, 4) is 11.5 Å². The van der Waals surface area contributed by atoms with E-state index in [1.54, 1.807) is 30.3 Å². The molecular formula is C24H31N3O4S.